The minimum absolute atomic E-state index is 0.00367. The predicted octanol–water partition coefficient (Wildman–Crippen LogP) is 1.74. The number of hydrogen-bond donors (Lipinski definition) is 1. The van der Waals surface area contributed by atoms with E-state index in [0.717, 1.165) is 0 Å². The number of benzene rings is 2. The van der Waals surface area contributed by atoms with Crippen LogP contribution >= 0.6 is 0 Å². The van der Waals surface area contributed by atoms with Crippen molar-refractivity contribution in [3.63, 3.8) is 0 Å². The van der Waals surface area contributed by atoms with Crippen LogP contribution in [0.4, 0.5) is 5.69 Å². The van der Waals surface area contributed by atoms with E-state index in [1.807, 2.05) is 0 Å². The largest absolute Gasteiger partial charge is 0.460 e. The molecule has 2 rings (SSSR count). The second-order valence-corrected chi connectivity index (χ2v) is 9.16. The van der Waals surface area contributed by atoms with Gasteiger partial charge in [-0.25, -0.2) is 19.2 Å². The van der Waals surface area contributed by atoms with Crippen LogP contribution in [0.25, 0.3) is 0 Å². The number of carbonyl (C=O) groups excluding carboxylic acids is 8. The van der Waals surface area contributed by atoms with E-state index in [1.165, 1.54) is 48.5 Å². The molecule has 0 spiro atoms. The van der Waals surface area contributed by atoms with Gasteiger partial charge >= 0.3 is 35.8 Å². The van der Waals surface area contributed by atoms with Gasteiger partial charge in [0.25, 0.3) is 5.91 Å². The number of rotatable bonds is 18. The van der Waals surface area contributed by atoms with Crippen LogP contribution in [-0.2, 0) is 63.6 Å². The number of Topliss-reactive ketones (excluding diaryl/α,β-unsaturated/α-hetero) is 1. The Labute approximate surface area is 263 Å². The summed E-state index contributed by atoms with van der Waals surface area (Å²) in [5.41, 5.74) is 1.14. The van der Waals surface area contributed by atoms with Gasteiger partial charge in [-0.2, -0.15) is 0 Å². The fourth-order valence-electron chi connectivity index (χ4n) is 3.25. The number of hydrogen-bond acceptors (Lipinski definition) is 14. The molecule has 1 amide bonds. The molecular formula is C31H33NO14. The summed E-state index contributed by atoms with van der Waals surface area (Å²) in [5.74, 6) is -5.33. The number of nitrogens with one attached hydrogen (secondary N) is 1. The Kier molecular flexibility index (Phi) is 15.6. The van der Waals surface area contributed by atoms with Gasteiger partial charge in [-0.1, -0.05) is 26.0 Å². The lowest BCUT2D eigenvalue weighted by atomic mass is 10.1. The van der Waals surface area contributed by atoms with Crippen molar-refractivity contribution in [1.82, 2.24) is 0 Å². The molecule has 0 saturated carbocycles. The molecule has 15 nitrogen and oxygen atoms in total. The highest BCUT2D eigenvalue weighted by Gasteiger charge is 2.15. The summed E-state index contributed by atoms with van der Waals surface area (Å²) >= 11 is 0. The Morgan fingerprint density at radius 1 is 0.522 bits per heavy atom. The van der Waals surface area contributed by atoms with Crippen molar-refractivity contribution in [1.29, 1.82) is 0 Å². The molecule has 2 aromatic carbocycles. The van der Waals surface area contributed by atoms with Gasteiger partial charge < -0.3 is 33.7 Å². The van der Waals surface area contributed by atoms with E-state index >= 15 is 0 Å². The van der Waals surface area contributed by atoms with Crippen molar-refractivity contribution in [2.45, 2.75) is 33.1 Å². The molecule has 1 N–H and O–H groups in total. The number of esters is 6. The van der Waals surface area contributed by atoms with Gasteiger partial charge in [0.05, 0.1) is 11.1 Å². The standard InChI is InChI=1S/C31H33NO14/c1-3-26(35)43-16-24(33)15-20-5-7-21(8-6-20)30(39)45-18-28(37)41-13-14-42-29(38)19-46-31(40)22-9-11-23(12-10-22)32-25(34)17-44-27(36)4-2/h5-12H,3-4,13-19H2,1-2H3,(H,32,34). The molecular weight excluding hydrogens is 610 g/mol. The third-order valence-corrected chi connectivity index (χ3v) is 5.58. The zero-order valence-electron chi connectivity index (χ0n) is 25.2. The maximum atomic E-state index is 12.2. The quantitative estimate of drug-likeness (QED) is 0.140. The molecule has 0 unspecified atom stereocenters. The number of carbonyl (C=O) groups is 8. The topological polar surface area (TPSA) is 204 Å². The van der Waals surface area contributed by atoms with Crippen LogP contribution in [0.1, 0.15) is 53.0 Å². The van der Waals surface area contributed by atoms with Crippen molar-refractivity contribution >= 4 is 53.2 Å². The number of ether oxygens (including phenoxy) is 6. The normalized spacial score (nSPS) is 10.1. The van der Waals surface area contributed by atoms with Gasteiger partial charge in [0, 0.05) is 24.9 Å². The smallest absolute Gasteiger partial charge is 0.344 e. The summed E-state index contributed by atoms with van der Waals surface area (Å²) in [7, 11) is 0. The third-order valence-electron chi connectivity index (χ3n) is 5.58. The van der Waals surface area contributed by atoms with Crippen LogP contribution in [-0.4, -0.2) is 87.1 Å². The van der Waals surface area contributed by atoms with E-state index in [9.17, 15) is 38.4 Å². The first-order valence-corrected chi connectivity index (χ1v) is 14.0. The average Bonchev–Trinajstić information content (AvgIpc) is 3.06. The highest BCUT2D eigenvalue weighted by Crippen LogP contribution is 2.11. The second kappa shape index (κ2) is 19.6. The monoisotopic (exact) mass is 643 g/mol. The predicted molar refractivity (Wildman–Crippen MR) is 155 cm³/mol. The molecule has 0 aliphatic rings. The van der Waals surface area contributed by atoms with Crippen LogP contribution in [0.15, 0.2) is 48.5 Å². The first-order chi connectivity index (χ1) is 22.0. The van der Waals surface area contributed by atoms with Crippen molar-refractivity contribution < 1.29 is 66.8 Å². The molecule has 15 heteroatoms. The van der Waals surface area contributed by atoms with Gasteiger partial charge in [0.15, 0.2) is 25.6 Å². The molecule has 46 heavy (non-hydrogen) atoms. The average molecular weight is 644 g/mol. The molecule has 246 valence electrons. The molecule has 0 fully saturated rings. The SMILES string of the molecule is CCC(=O)OCC(=O)Cc1ccc(C(=O)OCC(=O)OCCOC(=O)COC(=O)c2ccc(NC(=O)COC(=O)CC)cc2)cc1. The highest BCUT2D eigenvalue weighted by molar-refractivity contribution is 5.95. The first-order valence-electron chi connectivity index (χ1n) is 14.0. The van der Waals surface area contributed by atoms with E-state index in [0.29, 0.717) is 11.3 Å². The summed E-state index contributed by atoms with van der Waals surface area (Å²) in [4.78, 5) is 93.8. The molecule has 0 aliphatic heterocycles. The Morgan fingerprint density at radius 3 is 1.46 bits per heavy atom. The van der Waals surface area contributed by atoms with Gasteiger partial charge in [0.2, 0.25) is 0 Å². The number of amides is 1. The first kappa shape index (κ1) is 36.6. The lowest BCUT2D eigenvalue weighted by Gasteiger charge is -2.09. The minimum atomic E-state index is -0.909. The van der Waals surface area contributed by atoms with Crippen LogP contribution in [0.3, 0.4) is 0 Å². The zero-order valence-corrected chi connectivity index (χ0v) is 25.2. The molecule has 0 heterocycles. The van der Waals surface area contributed by atoms with Crippen molar-refractivity contribution in [2.24, 2.45) is 0 Å². The van der Waals surface area contributed by atoms with Gasteiger partial charge in [-0.3, -0.25) is 19.2 Å². The lowest BCUT2D eigenvalue weighted by Crippen LogP contribution is -2.21. The summed E-state index contributed by atoms with van der Waals surface area (Å²) in [6.07, 6.45) is 0.305. The van der Waals surface area contributed by atoms with Gasteiger partial charge in [0.1, 0.15) is 19.8 Å². The third kappa shape index (κ3) is 14.2. The summed E-state index contributed by atoms with van der Waals surface area (Å²) in [6.45, 7) is 0.293. The zero-order chi connectivity index (χ0) is 33.9. The van der Waals surface area contributed by atoms with E-state index in [1.54, 1.807) is 13.8 Å². The highest BCUT2D eigenvalue weighted by atomic mass is 16.6. The Morgan fingerprint density at radius 2 is 0.978 bits per heavy atom. The maximum Gasteiger partial charge on any atom is 0.344 e. The van der Waals surface area contributed by atoms with E-state index in [2.05, 4.69) is 5.32 Å². The molecule has 0 radical (unpaired) electrons. The van der Waals surface area contributed by atoms with Crippen LogP contribution in [0.2, 0.25) is 0 Å². The Hall–Kier alpha value is -5.60. The van der Waals surface area contributed by atoms with Gasteiger partial charge in [-0.05, 0) is 42.0 Å². The van der Waals surface area contributed by atoms with Crippen LogP contribution in [0, 0.1) is 0 Å². The number of anilines is 1. The summed E-state index contributed by atoms with van der Waals surface area (Å²) in [6, 6.07) is 11.4. The molecule has 2 aromatic rings. The fraction of sp³-hybridized carbons (Fsp3) is 0.355. The second-order valence-electron chi connectivity index (χ2n) is 9.16. The molecule has 0 bridgehead atoms. The van der Waals surface area contributed by atoms with E-state index in [4.69, 9.17) is 28.4 Å². The van der Waals surface area contributed by atoms with Crippen molar-refractivity contribution in [3.05, 3.63) is 65.2 Å². The summed E-state index contributed by atoms with van der Waals surface area (Å²) in [5, 5.41) is 2.49. The van der Waals surface area contributed by atoms with E-state index in [-0.39, 0.29) is 56.0 Å². The molecule has 0 aromatic heterocycles. The van der Waals surface area contributed by atoms with Crippen LogP contribution < -0.4 is 5.32 Å². The van der Waals surface area contributed by atoms with Gasteiger partial charge in [-0.15, -0.1) is 0 Å². The number of ketones is 1. The Bertz CT molecular complexity index is 1290. The maximum absolute atomic E-state index is 12.2. The molecule has 0 aliphatic carbocycles. The fourth-order valence-corrected chi connectivity index (χ4v) is 3.25. The molecule has 0 saturated heterocycles. The van der Waals surface area contributed by atoms with Crippen molar-refractivity contribution in [3.8, 4) is 0 Å². The molecule has 0 atom stereocenters. The lowest BCUT2D eigenvalue weighted by molar-refractivity contribution is -0.155. The van der Waals surface area contributed by atoms with Crippen LogP contribution in [0.5, 0.6) is 0 Å². The minimum Gasteiger partial charge on any atom is -0.460 e. The Balaban J connectivity index is 1.60. The summed E-state index contributed by atoms with van der Waals surface area (Å²) < 4.78 is 28.9. The van der Waals surface area contributed by atoms with Crippen molar-refractivity contribution in [2.75, 3.05) is 45.0 Å². The van der Waals surface area contributed by atoms with E-state index < -0.39 is 61.5 Å².